The maximum Gasteiger partial charge on any atom is 0.0652 e. The molecule has 0 aromatic heterocycles. The molecule has 2 nitrogen and oxygen atoms in total. The molecule has 108 valence electrons. The summed E-state index contributed by atoms with van der Waals surface area (Å²) in [5, 5.41) is 7.26. The molecule has 0 radical (unpaired) electrons. The van der Waals surface area contributed by atoms with Crippen molar-refractivity contribution in [1.29, 1.82) is 0 Å². The van der Waals surface area contributed by atoms with Gasteiger partial charge in [0.05, 0.1) is 17.6 Å². The van der Waals surface area contributed by atoms with Crippen LogP contribution in [0.1, 0.15) is 5.56 Å². The van der Waals surface area contributed by atoms with Gasteiger partial charge in [0.25, 0.3) is 0 Å². The fourth-order valence-corrected chi connectivity index (χ4v) is 2.22. The second-order valence-electron chi connectivity index (χ2n) is 4.78. The van der Waals surface area contributed by atoms with Gasteiger partial charge in [-0.3, -0.25) is 0 Å². The highest BCUT2D eigenvalue weighted by atomic mass is 35.5. The number of benzene rings is 3. The Kier molecular flexibility index (Phi) is 4.52. The van der Waals surface area contributed by atoms with Crippen LogP contribution in [-0.4, -0.2) is 6.21 Å². The molecule has 0 bridgehead atoms. The Hall–Kier alpha value is -2.58. The highest BCUT2D eigenvalue weighted by Crippen LogP contribution is 2.25. The van der Waals surface area contributed by atoms with Crippen LogP contribution in [0.4, 0.5) is 11.4 Å². The van der Waals surface area contributed by atoms with Crippen molar-refractivity contribution >= 4 is 29.2 Å². The molecule has 0 aliphatic rings. The number of rotatable bonds is 4. The molecule has 0 N–H and O–H groups in total. The minimum absolute atomic E-state index is 0.722. The summed E-state index contributed by atoms with van der Waals surface area (Å²) in [5.41, 5.74) is 3.03. The molecule has 0 heterocycles. The lowest BCUT2D eigenvalue weighted by molar-refractivity contribution is 1.09. The summed E-state index contributed by atoms with van der Waals surface area (Å²) in [6, 6.07) is 27.7. The Balaban J connectivity index is 1.94. The van der Waals surface area contributed by atoms with Gasteiger partial charge in [-0.15, -0.1) is 0 Å². The highest BCUT2D eigenvalue weighted by molar-refractivity contribution is 6.30. The molecule has 0 fully saturated rings. The van der Waals surface area contributed by atoms with Gasteiger partial charge in [0.2, 0.25) is 0 Å². The first kappa shape index (κ1) is 14.4. The van der Waals surface area contributed by atoms with E-state index in [0.717, 1.165) is 22.0 Å². The summed E-state index contributed by atoms with van der Waals surface area (Å²) < 4.78 is 0. The highest BCUT2D eigenvalue weighted by Gasteiger charge is 2.06. The van der Waals surface area contributed by atoms with E-state index in [2.05, 4.69) is 5.10 Å². The third kappa shape index (κ3) is 3.54. The van der Waals surface area contributed by atoms with Crippen LogP contribution in [0.5, 0.6) is 0 Å². The molecule has 3 rings (SSSR count). The monoisotopic (exact) mass is 306 g/mol. The molecule has 3 aromatic rings. The molecule has 0 spiro atoms. The molecular weight excluding hydrogens is 292 g/mol. The van der Waals surface area contributed by atoms with Gasteiger partial charge in [0.15, 0.2) is 0 Å². The van der Waals surface area contributed by atoms with E-state index in [1.54, 1.807) is 0 Å². The third-order valence-corrected chi connectivity index (χ3v) is 3.45. The predicted molar refractivity (Wildman–Crippen MR) is 94.1 cm³/mol. The quantitative estimate of drug-likeness (QED) is 0.458. The van der Waals surface area contributed by atoms with Crippen LogP contribution >= 0.6 is 11.6 Å². The van der Waals surface area contributed by atoms with E-state index in [-0.39, 0.29) is 0 Å². The van der Waals surface area contributed by atoms with Crippen LogP contribution in [0.3, 0.4) is 0 Å². The van der Waals surface area contributed by atoms with Crippen LogP contribution < -0.4 is 5.01 Å². The van der Waals surface area contributed by atoms with Crippen molar-refractivity contribution in [2.75, 3.05) is 5.01 Å². The Morgan fingerprint density at radius 2 is 1.18 bits per heavy atom. The maximum atomic E-state index is 5.91. The number of hydrogen-bond donors (Lipinski definition) is 0. The average molecular weight is 307 g/mol. The number of anilines is 2. The van der Waals surface area contributed by atoms with Gasteiger partial charge in [0.1, 0.15) is 0 Å². The van der Waals surface area contributed by atoms with Crippen molar-refractivity contribution in [3.8, 4) is 0 Å². The van der Waals surface area contributed by atoms with Crippen molar-refractivity contribution in [3.63, 3.8) is 0 Å². The number of halogens is 1. The predicted octanol–water partition coefficient (Wildman–Crippen LogP) is 5.51. The summed E-state index contributed by atoms with van der Waals surface area (Å²) in [7, 11) is 0. The Bertz CT molecular complexity index is 698. The van der Waals surface area contributed by atoms with Gasteiger partial charge in [-0.05, 0) is 42.0 Å². The lowest BCUT2D eigenvalue weighted by atomic mass is 10.2. The van der Waals surface area contributed by atoms with Crippen LogP contribution in [0, 0.1) is 0 Å². The molecule has 0 aliphatic carbocycles. The Labute approximate surface area is 135 Å². The van der Waals surface area contributed by atoms with Crippen LogP contribution in [0.15, 0.2) is 90.0 Å². The molecule has 3 aromatic carbocycles. The van der Waals surface area contributed by atoms with Crippen molar-refractivity contribution in [2.24, 2.45) is 5.10 Å². The topological polar surface area (TPSA) is 15.6 Å². The van der Waals surface area contributed by atoms with Gasteiger partial charge in [-0.1, -0.05) is 60.1 Å². The van der Waals surface area contributed by atoms with Crippen LogP contribution in [0.2, 0.25) is 5.02 Å². The third-order valence-electron chi connectivity index (χ3n) is 3.19. The zero-order valence-electron chi connectivity index (χ0n) is 11.9. The van der Waals surface area contributed by atoms with Gasteiger partial charge < -0.3 is 0 Å². The first-order valence-electron chi connectivity index (χ1n) is 7.03. The lowest BCUT2D eigenvalue weighted by Crippen LogP contribution is -2.09. The van der Waals surface area contributed by atoms with E-state index >= 15 is 0 Å². The zero-order chi connectivity index (χ0) is 15.2. The molecule has 3 heteroatoms. The van der Waals surface area contributed by atoms with E-state index in [9.17, 15) is 0 Å². The summed E-state index contributed by atoms with van der Waals surface area (Å²) in [6.07, 6.45) is 1.83. The molecule has 22 heavy (non-hydrogen) atoms. The smallest absolute Gasteiger partial charge is 0.0652 e. The van der Waals surface area contributed by atoms with Gasteiger partial charge in [0, 0.05) is 5.02 Å². The number of hydrazone groups is 1. The number of hydrogen-bond acceptors (Lipinski definition) is 2. The molecule has 0 amide bonds. The van der Waals surface area contributed by atoms with Gasteiger partial charge >= 0.3 is 0 Å². The molecule has 0 unspecified atom stereocenters. The fraction of sp³-hybridized carbons (Fsp3) is 0. The summed E-state index contributed by atoms with van der Waals surface area (Å²) in [5.74, 6) is 0. The molecule has 0 saturated carbocycles. The minimum Gasteiger partial charge on any atom is -0.234 e. The van der Waals surface area contributed by atoms with Crippen LogP contribution in [0.25, 0.3) is 0 Å². The van der Waals surface area contributed by atoms with E-state index in [0.29, 0.717) is 0 Å². The first-order chi connectivity index (χ1) is 10.8. The SMILES string of the molecule is Clc1ccc(C=NN(c2ccccc2)c2ccccc2)cc1. The van der Waals surface area contributed by atoms with E-state index in [4.69, 9.17) is 11.6 Å². The van der Waals surface area contributed by atoms with Gasteiger partial charge in [-0.2, -0.15) is 5.10 Å². The molecular formula is C19H15ClN2. The second kappa shape index (κ2) is 6.92. The molecule has 0 saturated heterocycles. The van der Waals surface area contributed by atoms with Gasteiger partial charge in [-0.25, -0.2) is 5.01 Å². The Morgan fingerprint density at radius 3 is 1.68 bits per heavy atom. The number of para-hydroxylation sites is 2. The summed E-state index contributed by atoms with van der Waals surface area (Å²) >= 11 is 5.91. The summed E-state index contributed by atoms with van der Waals surface area (Å²) in [6.45, 7) is 0. The molecule has 0 aliphatic heterocycles. The summed E-state index contributed by atoms with van der Waals surface area (Å²) in [4.78, 5) is 0. The van der Waals surface area contributed by atoms with Crippen molar-refractivity contribution < 1.29 is 0 Å². The van der Waals surface area contributed by atoms with Crippen molar-refractivity contribution in [2.45, 2.75) is 0 Å². The van der Waals surface area contributed by atoms with E-state index in [1.807, 2.05) is 96.2 Å². The zero-order valence-corrected chi connectivity index (χ0v) is 12.7. The van der Waals surface area contributed by atoms with Crippen molar-refractivity contribution in [3.05, 3.63) is 95.5 Å². The standard InChI is InChI=1S/C19H15ClN2/c20-17-13-11-16(12-14-17)15-21-22(18-7-3-1-4-8-18)19-9-5-2-6-10-19/h1-15H. The fourth-order valence-electron chi connectivity index (χ4n) is 2.09. The first-order valence-corrected chi connectivity index (χ1v) is 7.40. The second-order valence-corrected chi connectivity index (χ2v) is 5.22. The van der Waals surface area contributed by atoms with Crippen molar-refractivity contribution in [1.82, 2.24) is 0 Å². The lowest BCUT2D eigenvalue weighted by Gasteiger charge is -2.19. The minimum atomic E-state index is 0.722. The van der Waals surface area contributed by atoms with E-state index < -0.39 is 0 Å². The number of nitrogens with zero attached hydrogens (tertiary/aromatic N) is 2. The maximum absolute atomic E-state index is 5.91. The largest absolute Gasteiger partial charge is 0.234 e. The molecule has 0 atom stereocenters. The van der Waals surface area contributed by atoms with E-state index in [1.165, 1.54) is 0 Å². The Morgan fingerprint density at radius 1 is 0.682 bits per heavy atom. The van der Waals surface area contributed by atoms with Crippen LogP contribution in [-0.2, 0) is 0 Å². The normalized spacial score (nSPS) is 10.8. The average Bonchev–Trinajstić information content (AvgIpc) is 2.59.